The Hall–Kier alpha value is -1.62. The second-order valence-electron chi connectivity index (χ2n) is 5.40. The number of hydrogen-bond donors (Lipinski definition) is 1. The molecule has 2 heterocycles. The molecule has 0 atom stereocenters. The Morgan fingerprint density at radius 3 is 2.45 bits per heavy atom. The lowest BCUT2D eigenvalue weighted by Crippen LogP contribution is -2.46. The van der Waals surface area contributed by atoms with E-state index in [1.807, 2.05) is 0 Å². The molecule has 0 saturated carbocycles. The third-order valence-electron chi connectivity index (χ3n) is 4.05. The van der Waals surface area contributed by atoms with Crippen LogP contribution >= 0.6 is 0 Å². The summed E-state index contributed by atoms with van der Waals surface area (Å²) in [5.41, 5.74) is 1.08. The molecule has 2 aliphatic heterocycles. The zero-order valence-electron chi connectivity index (χ0n) is 11.6. The van der Waals surface area contributed by atoms with E-state index in [0.717, 1.165) is 39.0 Å². The number of halogens is 1. The largest absolute Gasteiger partial charge is 0.369 e. The summed E-state index contributed by atoms with van der Waals surface area (Å²) in [6, 6.07) is 4.88. The van der Waals surface area contributed by atoms with Gasteiger partial charge in [0.15, 0.2) is 0 Å². The van der Waals surface area contributed by atoms with Gasteiger partial charge in [-0.1, -0.05) is 0 Å². The normalized spacial score (nSPS) is 19.4. The molecule has 1 N–H and O–H groups in total. The number of rotatable bonds is 2. The van der Waals surface area contributed by atoms with E-state index in [9.17, 15) is 9.18 Å². The van der Waals surface area contributed by atoms with Crippen LogP contribution in [0.2, 0.25) is 0 Å². The summed E-state index contributed by atoms with van der Waals surface area (Å²) in [6.07, 6.45) is 2.22. The number of nitrogens with one attached hydrogen (secondary N) is 1. The maximum Gasteiger partial charge on any atom is 0.254 e. The first kappa shape index (κ1) is 13.4. The highest BCUT2D eigenvalue weighted by Gasteiger charge is 2.21. The van der Waals surface area contributed by atoms with Crippen LogP contribution in [0.5, 0.6) is 0 Å². The van der Waals surface area contributed by atoms with Gasteiger partial charge >= 0.3 is 0 Å². The highest BCUT2D eigenvalue weighted by molar-refractivity contribution is 5.94. The SMILES string of the molecule is O=C(c1ccc(N2CCCC2)c(F)c1)N1CCNCC1. The molecular formula is C15H20FN3O. The molecule has 3 rings (SSSR count). The van der Waals surface area contributed by atoms with E-state index in [1.54, 1.807) is 17.0 Å². The van der Waals surface area contributed by atoms with Crippen LogP contribution in [0.25, 0.3) is 0 Å². The second-order valence-corrected chi connectivity index (χ2v) is 5.40. The molecule has 2 fully saturated rings. The number of hydrogen-bond acceptors (Lipinski definition) is 3. The number of carbonyl (C=O) groups excluding carboxylic acids is 1. The molecule has 1 aromatic carbocycles. The lowest BCUT2D eigenvalue weighted by atomic mass is 10.1. The zero-order chi connectivity index (χ0) is 13.9. The number of anilines is 1. The first-order chi connectivity index (χ1) is 9.75. The van der Waals surface area contributed by atoms with Crippen molar-refractivity contribution < 1.29 is 9.18 Å². The van der Waals surface area contributed by atoms with Crippen LogP contribution in [-0.2, 0) is 0 Å². The summed E-state index contributed by atoms with van der Waals surface area (Å²) in [6.45, 7) is 4.80. The van der Waals surface area contributed by atoms with Crippen molar-refractivity contribution in [2.24, 2.45) is 0 Å². The van der Waals surface area contributed by atoms with Crippen molar-refractivity contribution in [3.05, 3.63) is 29.6 Å². The van der Waals surface area contributed by atoms with Gasteiger partial charge in [0.05, 0.1) is 5.69 Å². The maximum absolute atomic E-state index is 14.2. The third kappa shape index (κ3) is 2.63. The van der Waals surface area contributed by atoms with Crippen LogP contribution in [0.3, 0.4) is 0 Å². The van der Waals surface area contributed by atoms with E-state index in [0.29, 0.717) is 24.3 Å². The predicted molar refractivity (Wildman–Crippen MR) is 76.6 cm³/mol. The molecule has 20 heavy (non-hydrogen) atoms. The molecule has 5 heteroatoms. The number of carbonyl (C=O) groups is 1. The minimum absolute atomic E-state index is 0.0710. The molecule has 1 aromatic rings. The van der Waals surface area contributed by atoms with Crippen molar-refractivity contribution in [1.82, 2.24) is 10.2 Å². The number of benzene rings is 1. The van der Waals surface area contributed by atoms with Crippen molar-refractivity contribution in [2.75, 3.05) is 44.2 Å². The van der Waals surface area contributed by atoms with E-state index in [-0.39, 0.29) is 11.7 Å². The van der Waals surface area contributed by atoms with Crippen LogP contribution < -0.4 is 10.2 Å². The molecule has 2 aliphatic rings. The fourth-order valence-corrected chi connectivity index (χ4v) is 2.90. The van der Waals surface area contributed by atoms with Gasteiger partial charge in [-0.2, -0.15) is 0 Å². The van der Waals surface area contributed by atoms with Gasteiger partial charge in [0.1, 0.15) is 5.82 Å². The molecule has 0 bridgehead atoms. The minimum Gasteiger partial charge on any atom is -0.369 e. The van der Waals surface area contributed by atoms with Crippen LogP contribution in [0.15, 0.2) is 18.2 Å². The van der Waals surface area contributed by atoms with Gasteiger partial charge < -0.3 is 15.1 Å². The van der Waals surface area contributed by atoms with Crippen molar-refractivity contribution in [1.29, 1.82) is 0 Å². The van der Waals surface area contributed by atoms with Gasteiger partial charge in [-0.05, 0) is 31.0 Å². The minimum atomic E-state index is -0.284. The van der Waals surface area contributed by atoms with Gasteiger partial charge in [-0.3, -0.25) is 4.79 Å². The quantitative estimate of drug-likeness (QED) is 0.889. The average molecular weight is 277 g/mol. The average Bonchev–Trinajstić information content (AvgIpc) is 3.01. The molecular weight excluding hydrogens is 257 g/mol. The molecule has 0 radical (unpaired) electrons. The molecule has 0 aromatic heterocycles. The Bertz CT molecular complexity index is 494. The second kappa shape index (κ2) is 5.79. The highest BCUT2D eigenvalue weighted by Crippen LogP contribution is 2.24. The van der Waals surface area contributed by atoms with Crippen LogP contribution in [-0.4, -0.2) is 50.1 Å². The van der Waals surface area contributed by atoms with Crippen molar-refractivity contribution in [2.45, 2.75) is 12.8 Å². The van der Waals surface area contributed by atoms with Gasteiger partial charge in [0, 0.05) is 44.8 Å². The van der Waals surface area contributed by atoms with Gasteiger partial charge in [-0.25, -0.2) is 4.39 Å². The fourth-order valence-electron chi connectivity index (χ4n) is 2.90. The molecule has 1 amide bonds. The van der Waals surface area contributed by atoms with E-state index >= 15 is 0 Å². The molecule has 4 nitrogen and oxygen atoms in total. The van der Waals surface area contributed by atoms with Gasteiger partial charge in [0.25, 0.3) is 5.91 Å². The smallest absolute Gasteiger partial charge is 0.254 e. The number of piperazine rings is 1. The molecule has 0 aliphatic carbocycles. The first-order valence-corrected chi connectivity index (χ1v) is 7.30. The standard InChI is InChI=1S/C15H20FN3O/c16-13-11-12(15(20)19-9-5-17-6-10-19)3-4-14(13)18-7-1-2-8-18/h3-4,11,17H,1-2,5-10H2. The van der Waals surface area contributed by atoms with Gasteiger partial charge in [-0.15, -0.1) is 0 Å². The van der Waals surface area contributed by atoms with Crippen molar-refractivity contribution in [3.8, 4) is 0 Å². The summed E-state index contributed by atoms with van der Waals surface area (Å²) in [7, 11) is 0. The van der Waals surface area contributed by atoms with Gasteiger partial charge in [0.2, 0.25) is 0 Å². The summed E-state index contributed by atoms with van der Waals surface area (Å²) >= 11 is 0. The summed E-state index contributed by atoms with van der Waals surface area (Å²) in [5.74, 6) is -0.355. The Morgan fingerprint density at radius 1 is 1.10 bits per heavy atom. The van der Waals surface area contributed by atoms with Crippen LogP contribution in [0, 0.1) is 5.82 Å². The number of nitrogens with zero attached hydrogens (tertiary/aromatic N) is 2. The van der Waals surface area contributed by atoms with Crippen molar-refractivity contribution >= 4 is 11.6 Å². The first-order valence-electron chi connectivity index (χ1n) is 7.30. The Kier molecular flexibility index (Phi) is 3.87. The monoisotopic (exact) mass is 277 g/mol. The Labute approximate surface area is 118 Å². The predicted octanol–water partition coefficient (Wildman–Crippen LogP) is 1.47. The maximum atomic E-state index is 14.2. The van der Waals surface area contributed by atoms with E-state index in [2.05, 4.69) is 10.2 Å². The summed E-state index contributed by atoms with van der Waals surface area (Å²) in [5, 5.41) is 3.20. The Morgan fingerprint density at radius 2 is 1.80 bits per heavy atom. The summed E-state index contributed by atoms with van der Waals surface area (Å²) in [4.78, 5) is 16.1. The van der Waals surface area contributed by atoms with E-state index in [1.165, 1.54) is 6.07 Å². The highest BCUT2D eigenvalue weighted by atomic mass is 19.1. The van der Waals surface area contributed by atoms with E-state index in [4.69, 9.17) is 0 Å². The third-order valence-corrected chi connectivity index (χ3v) is 4.05. The van der Waals surface area contributed by atoms with Crippen LogP contribution in [0.1, 0.15) is 23.2 Å². The summed E-state index contributed by atoms with van der Waals surface area (Å²) < 4.78 is 14.2. The molecule has 108 valence electrons. The molecule has 0 unspecified atom stereocenters. The van der Waals surface area contributed by atoms with Crippen molar-refractivity contribution in [3.63, 3.8) is 0 Å². The molecule has 2 saturated heterocycles. The lowest BCUT2D eigenvalue weighted by Gasteiger charge is -2.27. The van der Waals surface area contributed by atoms with E-state index < -0.39 is 0 Å². The fraction of sp³-hybridized carbons (Fsp3) is 0.533. The topological polar surface area (TPSA) is 35.6 Å². The number of amides is 1. The lowest BCUT2D eigenvalue weighted by molar-refractivity contribution is 0.0735. The zero-order valence-corrected chi connectivity index (χ0v) is 11.6. The Balaban J connectivity index is 1.77. The van der Waals surface area contributed by atoms with Crippen LogP contribution in [0.4, 0.5) is 10.1 Å². The molecule has 0 spiro atoms.